The zero-order valence-corrected chi connectivity index (χ0v) is 19.9. The number of aldehydes is 1. The van der Waals surface area contributed by atoms with Crippen molar-refractivity contribution in [3.8, 4) is 0 Å². The van der Waals surface area contributed by atoms with E-state index < -0.39 is 72.8 Å². The van der Waals surface area contributed by atoms with Gasteiger partial charge in [0, 0.05) is 12.5 Å². The number of fused-ring (bicyclic) bond motifs is 1. The number of carbonyl (C=O) groups excluding carboxylic acids is 2. The molecule has 3 aliphatic rings. The summed E-state index contributed by atoms with van der Waals surface area (Å²) >= 11 is 0. The van der Waals surface area contributed by atoms with Gasteiger partial charge in [0.25, 0.3) is 0 Å². The van der Waals surface area contributed by atoms with Crippen LogP contribution in [0.25, 0.3) is 6.08 Å². The first kappa shape index (κ1) is 27.4. The highest BCUT2D eigenvalue weighted by Crippen LogP contribution is 2.52. The first-order valence-electron chi connectivity index (χ1n) is 11.7. The van der Waals surface area contributed by atoms with Crippen LogP contribution in [0.3, 0.4) is 0 Å². The Morgan fingerprint density at radius 3 is 2.46 bits per heavy atom. The zero-order chi connectivity index (χ0) is 27.0. The fourth-order valence-electron chi connectivity index (χ4n) is 5.04. The Morgan fingerprint density at radius 1 is 1.11 bits per heavy atom. The molecule has 0 amide bonds. The second-order valence-corrected chi connectivity index (χ2v) is 9.53. The van der Waals surface area contributed by atoms with Crippen LogP contribution in [0, 0.1) is 5.92 Å². The summed E-state index contributed by atoms with van der Waals surface area (Å²) in [5.74, 6) is -2.23. The van der Waals surface area contributed by atoms with E-state index in [4.69, 9.17) is 18.9 Å². The summed E-state index contributed by atoms with van der Waals surface area (Å²) in [5.41, 5.74) is -3.56. The van der Waals surface area contributed by atoms with Gasteiger partial charge in [0.2, 0.25) is 6.29 Å². The zero-order valence-electron chi connectivity index (χ0n) is 19.9. The Labute approximate surface area is 212 Å². The first-order valence-corrected chi connectivity index (χ1v) is 11.7. The second kappa shape index (κ2) is 10.6. The SMILES string of the molecule is C[C@]1(O)[C@@H](OC(=O)/C=C/c2ccccc2)C[C@]2(O)C(C=O)=CO[C@@H](O[C@@H]3O[C@H](CO)[C@@H](O)[C@H](O)[C@@H]3O)[C@H]12. The van der Waals surface area contributed by atoms with E-state index in [0.29, 0.717) is 6.29 Å². The van der Waals surface area contributed by atoms with Gasteiger partial charge in [-0.1, -0.05) is 30.3 Å². The average molecular weight is 523 g/mol. The lowest BCUT2D eigenvalue weighted by Gasteiger charge is -2.46. The summed E-state index contributed by atoms with van der Waals surface area (Å²) in [4.78, 5) is 24.2. The lowest BCUT2D eigenvalue weighted by molar-refractivity contribution is -0.352. The van der Waals surface area contributed by atoms with E-state index in [1.807, 2.05) is 6.07 Å². The average Bonchev–Trinajstić information content (AvgIpc) is 3.08. The molecule has 2 aliphatic heterocycles. The van der Waals surface area contributed by atoms with E-state index >= 15 is 0 Å². The van der Waals surface area contributed by atoms with Crippen molar-refractivity contribution in [3.05, 3.63) is 53.8 Å². The minimum atomic E-state index is -2.06. The maximum atomic E-state index is 12.5. The number of esters is 1. The summed E-state index contributed by atoms with van der Waals surface area (Å²) < 4.78 is 21.9. The molecule has 1 aliphatic carbocycles. The van der Waals surface area contributed by atoms with E-state index in [0.717, 1.165) is 17.9 Å². The summed E-state index contributed by atoms with van der Waals surface area (Å²) in [7, 11) is 0. The lowest BCUT2D eigenvalue weighted by Crippen LogP contribution is -2.62. The molecule has 202 valence electrons. The van der Waals surface area contributed by atoms with Gasteiger partial charge in [0.1, 0.15) is 41.7 Å². The molecule has 2 fully saturated rings. The van der Waals surface area contributed by atoms with Gasteiger partial charge in [-0.05, 0) is 18.6 Å². The van der Waals surface area contributed by atoms with Gasteiger partial charge in [0.05, 0.1) is 24.4 Å². The fraction of sp³-hybridized carbons (Fsp3) is 0.520. The van der Waals surface area contributed by atoms with E-state index in [-0.39, 0.29) is 12.0 Å². The highest BCUT2D eigenvalue weighted by molar-refractivity contribution is 5.87. The largest absolute Gasteiger partial charge is 0.471 e. The van der Waals surface area contributed by atoms with E-state index in [1.54, 1.807) is 24.3 Å². The van der Waals surface area contributed by atoms with E-state index in [2.05, 4.69) is 0 Å². The highest BCUT2D eigenvalue weighted by atomic mass is 16.8. The minimum Gasteiger partial charge on any atom is -0.471 e. The Balaban J connectivity index is 1.56. The predicted octanol–water partition coefficient (Wildman–Crippen LogP) is -1.63. The molecule has 1 aromatic rings. The van der Waals surface area contributed by atoms with Crippen LogP contribution in [0.15, 0.2) is 48.2 Å². The number of rotatable bonds is 7. The molecular formula is C25H30O12. The van der Waals surface area contributed by atoms with Crippen LogP contribution in [0.4, 0.5) is 0 Å². The van der Waals surface area contributed by atoms with E-state index in [9.17, 15) is 40.2 Å². The number of aliphatic hydroxyl groups is 6. The number of ether oxygens (including phenoxy) is 4. The third-order valence-corrected chi connectivity index (χ3v) is 7.11. The van der Waals surface area contributed by atoms with Gasteiger partial charge < -0.3 is 49.6 Å². The standard InChI is InChI=1S/C25H30O12/c1-24(32)16(36-17(28)8-7-13-5-3-2-4-6-13)9-25(33)14(10-26)12-34-23(21(24)25)37-22-20(31)19(30)18(29)15(11-27)35-22/h2-8,10,12,15-16,18-23,27,29-33H,9,11H2,1H3/b8-7+/t15-,16+,18-,19+,20+,21-,22+,23+,24+,25+/m1/s1. The molecular weight excluding hydrogens is 492 g/mol. The lowest BCUT2D eigenvalue weighted by atomic mass is 9.78. The molecule has 12 nitrogen and oxygen atoms in total. The summed E-state index contributed by atoms with van der Waals surface area (Å²) in [6, 6.07) is 8.93. The minimum absolute atomic E-state index is 0.232. The fourth-order valence-corrected chi connectivity index (χ4v) is 5.04. The van der Waals surface area contributed by atoms with Gasteiger partial charge in [-0.25, -0.2) is 4.79 Å². The molecule has 0 spiro atoms. The van der Waals surface area contributed by atoms with Crippen LogP contribution in [0.5, 0.6) is 0 Å². The topological polar surface area (TPSA) is 192 Å². The quantitative estimate of drug-likeness (QED) is 0.136. The van der Waals surface area contributed by atoms with Gasteiger partial charge in [0.15, 0.2) is 12.6 Å². The van der Waals surface area contributed by atoms with Gasteiger partial charge in [-0.15, -0.1) is 0 Å². The molecule has 2 heterocycles. The summed E-state index contributed by atoms with van der Waals surface area (Å²) in [5, 5.41) is 62.7. The van der Waals surface area contributed by atoms with Crippen LogP contribution in [0.2, 0.25) is 0 Å². The second-order valence-electron chi connectivity index (χ2n) is 9.53. The van der Waals surface area contributed by atoms with E-state index in [1.165, 1.54) is 13.0 Å². The van der Waals surface area contributed by atoms with Crippen molar-refractivity contribution in [2.24, 2.45) is 5.92 Å². The molecule has 0 radical (unpaired) electrons. The van der Waals surface area contributed by atoms with Crippen LogP contribution in [0.1, 0.15) is 18.9 Å². The number of aliphatic hydroxyl groups excluding tert-OH is 4. The molecule has 0 bridgehead atoms. The molecule has 0 aromatic heterocycles. The van der Waals surface area contributed by atoms with Crippen LogP contribution < -0.4 is 0 Å². The maximum Gasteiger partial charge on any atom is 0.331 e. The van der Waals surface area contributed by atoms with Crippen molar-refractivity contribution in [2.75, 3.05) is 6.61 Å². The van der Waals surface area contributed by atoms with Crippen molar-refractivity contribution in [3.63, 3.8) is 0 Å². The van der Waals surface area contributed by atoms with Crippen molar-refractivity contribution in [1.29, 1.82) is 0 Å². The van der Waals surface area contributed by atoms with Gasteiger partial charge in [-0.2, -0.15) is 0 Å². The Morgan fingerprint density at radius 2 is 1.81 bits per heavy atom. The normalized spacial score (nSPS) is 41.5. The molecule has 1 aromatic carbocycles. The maximum absolute atomic E-state index is 12.5. The Hall–Kier alpha value is -2.68. The third kappa shape index (κ3) is 5.07. The first-order chi connectivity index (χ1) is 17.5. The molecule has 10 atom stereocenters. The van der Waals surface area contributed by atoms with Crippen molar-refractivity contribution >= 4 is 18.3 Å². The summed E-state index contributed by atoms with van der Waals surface area (Å²) in [6.07, 6.45) is -7.39. The molecule has 1 saturated heterocycles. The van der Waals surface area contributed by atoms with Gasteiger partial charge >= 0.3 is 5.97 Å². The number of benzene rings is 1. The van der Waals surface area contributed by atoms with Crippen LogP contribution in [-0.2, 0) is 28.5 Å². The Bertz CT molecular complexity index is 1040. The van der Waals surface area contributed by atoms with Gasteiger partial charge in [-0.3, -0.25) is 4.79 Å². The van der Waals surface area contributed by atoms with Crippen molar-refractivity contribution < 1.29 is 59.2 Å². The molecule has 6 N–H and O–H groups in total. The molecule has 12 heteroatoms. The number of hydrogen-bond acceptors (Lipinski definition) is 12. The third-order valence-electron chi connectivity index (χ3n) is 7.11. The monoisotopic (exact) mass is 522 g/mol. The number of carbonyl (C=O) groups is 2. The Kier molecular flexibility index (Phi) is 7.83. The number of hydrogen-bond donors (Lipinski definition) is 6. The molecule has 4 rings (SSSR count). The van der Waals surface area contributed by atoms with Crippen LogP contribution in [-0.4, -0.2) is 104 Å². The summed E-state index contributed by atoms with van der Waals surface area (Å²) in [6.45, 7) is 0.570. The molecule has 1 saturated carbocycles. The van der Waals surface area contributed by atoms with Crippen LogP contribution >= 0.6 is 0 Å². The van der Waals surface area contributed by atoms with Crippen molar-refractivity contribution in [2.45, 2.75) is 67.6 Å². The van der Waals surface area contributed by atoms with Crippen molar-refractivity contribution in [1.82, 2.24) is 0 Å². The molecule has 37 heavy (non-hydrogen) atoms. The molecule has 0 unspecified atom stereocenters. The predicted molar refractivity (Wildman–Crippen MR) is 123 cm³/mol. The smallest absolute Gasteiger partial charge is 0.331 e. The highest BCUT2D eigenvalue weighted by Gasteiger charge is 2.68.